The number of allylic oxidation sites excluding steroid dienone is 4. The van der Waals surface area contributed by atoms with Gasteiger partial charge in [-0.3, -0.25) is 9.59 Å². The Morgan fingerprint density at radius 3 is 2.17 bits per heavy atom. The lowest BCUT2D eigenvalue weighted by atomic mass is 10.0. The maximum atomic E-state index is 11.8. The van der Waals surface area contributed by atoms with Crippen molar-refractivity contribution in [2.45, 2.75) is 33.6 Å². The van der Waals surface area contributed by atoms with E-state index in [1.165, 1.54) is 17.1 Å². The van der Waals surface area contributed by atoms with E-state index in [0.717, 1.165) is 29.7 Å². The number of nitrogens with zero attached hydrogens (tertiary/aromatic N) is 1. The lowest BCUT2D eigenvalue weighted by molar-refractivity contribution is -0.134. The van der Waals surface area contributed by atoms with E-state index in [2.05, 4.69) is 6.58 Å². The molecule has 0 aromatic heterocycles. The summed E-state index contributed by atoms with van der Waals surface area (Å²) >= 11 is 0. The van der Waals surface area contributed by atoms with Gasteiger partial charge in [-0.2, -0.15) is 0 Å². The predicted octanol–water partition coefficient (Wildman–Crippen LogP) is 3.12. The Morgan fingerprint density at radius 1 is 1.22 bits per heavy atom. The summed E-state index contributed by atoms with van der Waals surface area (Å²) in [5, 5.41) is 0. The zero-order valence-corrected chi connectivity index (χ0v) is 11.2. The van der Waals surface area contributed by atoms with Gasteiger partial charge in [0.25, 0.3) is 11.8 Å². The third-order valence-electron chi connectivity index (χ3n) is 2.97. The molecule has 0 N–H and O–H groups in total. The van der Waals surface area contributed by atoms with Crippen LogP contribution in [0.4, 0.5) is 0 Å². The molecule has 0 saturated heterocycles. The molecule has 0 bridgehead atoms. The van der Waals surface area contributed by atoms with Gasteiger partial charge in [-0.1, -0.05) is 32.6 Å². The van der Waals surface area contributed by atoms with Crippen molar-refractivity contribution in [3.8, 4) is 0 Å². The SMILES string of the molecule is C=C/C=C(CC)\C(=C(/C)CC)N1C(=O)C=CC1=O. The van der Waals surface area contributed by atoms with Gasteiger partial charge in [0.1, 0.15) is 0 Å². The molecule has 2 amide bonds. The highest BCUT2D eigenvalue weighted by Gasteiger charge is 2.29. The van der Waals surface area contributed by atoms with Gasteiger partial charge < -0.3 is 0 Å². The second kappa shape index (κ2) is 6.15. The van der Waals surface area contributed by atoms with Crippen molar-refractivity contribution in [2.75, 3.05) is 0 Å². The van der Waals surface area contributed by atoms with Crippen molar-refractivity contribution in [2.24, 2.45) is 0 Å². The van der Waals surface area contributed by atoms with Crippen molar-refractivity contribution >= 4 is 11.8 Å². The van der Waals surface area contributed by atoms with Crippen LogP contribution in [0.15, 0.2) is 47.7 Å². The quantitative estimate of drug-likeness (QED) is 0.551. The summed E-state index contributed by atoms with van der Waals surface area (Å²) in [6.45, 7) is 9.63. The summed E-state index contributed by atoms with van der Waals surface area (Å²) in [7, 11) is 0. The Kier molecular flexibility index (Phi) is 4.84. The summed E-state index contributed by atoms with van der Waals surface area (Å²) in [4.78, 5) is 24.9. The summed E-state index contributed by atoms with van der Waals surface area (Å²) in [5.74, 6) is -0.544. The molecule has 0 unspecified atom stereocenters. The topological polar surface area (TPSA) is 37.4 Å². The monoisotopic (exact) mass is 245 g/mol. The van der Waals surface area contributed by atoms with Crippen molar-refractivity contribution in [1.29, 1.82) is 0 Å². The van der Waals surface area contributed by atoms with E-state index in [1.807, 2.05) is 26.8 Å². The van der Waals surface area contributed by atoms with E-state index in [9.17, 15) is 9.59 Å². The molecular weight excluding hydrogens is 226 g/mol. The standard InChI is InChI=1S/C15H19NO2/c1-5-8-12(7-3)15(11(4)6-2)16-13(17)9-10-14(16)18/h5,8-10H,1,6-7H2,2-4H3/b12-8-,15-11-. The minimum Gasteiger partial charge on any atom is -0.269 e. The normalized spacial score (nSPS) is 17.3. The van der Waals surface area contributed by atoms with Crippen LogP contribution < -0.4 is 0 Å². The highest BCUT2D eigenvalue weighted by atomic mass is 16.2. The maximum Gasteiger partial charge on any atom is 0.258 e. The fraction of sp³-hybridized carbons (Fsp3) is 0.333. The fourth-order valence-electron chi connectivity index (χ4n) is 1.90. The summed E-state index contributed by atoms with van der Waals surface area (Å²) in [5.41, 5.74) is 2.70. The average Bonchev–Trinajstić information content (AvgIpc) is 2.69. The van der Waals surface area contributed by atoms with Crippen LogP contribution in [0.25, 0.3) is 0 Å². The first-order valence-electron chi connectivity index (χ1n) is 6.14. The van der Waals surface area contributed by atoms with Gasteiger partial charge in [-0.15, -0.1) is 0 Å². The van der Waals surface area contributed by atoms with Gasteiger partial charge in [0.15, 0.2) is 0 Å². The Morgan fingerprint density at radius 2 is 1.78 bits per heavy atom. The van der Waals surface area contributed by atoms with Gasteiger partial charge >= 0.3 is 0 Å². The first-order chi connectivity index (χ1) is 8.56. The number of hydrogen-bond donors (Lipinski definition) is 0. The Balaban J connectivity index is 3.32. The third-order valence-corrected chi connectivity index (χ3v) is 2.97. The molecule has 0 atom stereocenters. The van der Waals surface area contributed by atoms with E-state index in [4.69, 9.17) is 0 Å². The smallest absolute Gasteiger partial charge is 0.258 e. The minimum absolute atomic E-state index is 0.272. The molecule has 0 aromatic carbocycles. The van der Waals surface area contributed by atoms with E-state index in [1.54, 1.807) is 6.08 Å². The maximum absolute atomic E-state index is 11.8. The van der Waals surface area contributed by atoms with Crippen molar-refractivity contribution in [3.05, 3.63) is 47.7 Å². The molecule has 96 valence electrons. The zero-order chi connectivity index (χ0) is 13.7. The summed E-state index contributed by atoms with van der Waals surface area (Å²) in [6.07, 6.45) is 7.70. The zero-order valence-electron chi connectivity index (χ0n) is 11.2. The van der Waals surface area contributed by atoms with Gasteiger partial charge in [0.05, 0.1) is 5.70 Å². The molecule has 1 heterocycles. The second-order valence-corrected chi connectivity index (χ2v) is 4.11. The minimum atomic E-state index is -0.272. The molecule has 1 aliphatic rings. The second-order valence-electron chi connectivity index (χ2n) is 4.11. The summed E-state index contributed by atoms with van der Waals surface area (Å²) < 4.78 is 0. The number of carbonyl (C=O) groups excluding carboxylic acids is 2. The average molecular weight is 245 g/mol. The van der Waals surface area contributed by atoms with Crippen LogP contribution in [0, 0.1) is 0 Å². The fourth-order valence-corrected chi connectivity index (χ4v) is 1.90. The molecule has 0 saturated carbocycles. The first-order valence-corrected chi connectivity index (χ1v) is 6.14. The lowest BCUT2D eigenvalue weighted by Gasteiger charge is -2.22. The Labute approximate surface area is 108 Å². The molecule has 1 rings (SSSR count). The molecule has 0 aliphatic carbocycles. The number of imide groups is 1. The molecule has 0 aromatic rings. The van der Waals surface area contributed by atoms with Crippen molar-refractivity contribution < 1.29 is 9.59 Å². The molecule has 3 heteroatoms. The van der Waals surface area contributed by atoms with Crippen LogP contribution in [0.2, 0.25) is 0 Å². The highest BCUT2D eigenvalue weighted by molar-refractivity contribution is 6.14. The number of rotatable bonds is 5. The molecule has 3 nitrogen and oxygen atoms in total. The molecular formula is C15H19NO2. The number of hydrogen-bond acceptors (Lipinski definition) is 2. The predicted molar refractivity (Wildman–Crippen MR) is 72.6 cm³/mol. The van der Waals surface area contributed by atoms with Crippen LogP contribution >= 0.6 is 0 Å². The van der Waals surface area contributed by atoms with E-state index >= 15 is 0 Å². The number of carbonyl (C=O) groups is 2. The van der Waals surface area contributed by atoms with Crippen LogP contribution in [0.5, 0.6) is 0 Å². The Bertz CT molecular complexity index is 449. The summed E-state index contributed by atoms with van der Waals surface area (Å²) in [6, 6.07) is 0. The van der Waals surface area contributed by atoms with Crippen molar-refractivity contribution in [1.82, 2.24) is 4.90 Å². The van der Waals surface area contributed by atoms with E-state index in [0.29, 0.717) is 0 Å². The van der Waals surface area contributed by atoms with Crippen LogP contribution in [-0.4, -0.2) is 16.7 Å². The van der Waals surface area contributed by atoms with E-state index in [-0.39, 0.29) is 11.8 Å². The largest absolute Gasteiger partial charge is 0.269 e. The van der Waals surface area contributed by atoms with Gasteiger partial charge in [-0.25, -0.2) is 4.90 Å². The van der Waals surface area contributed by atoms with E-state index < -0.39 is 0 Å². The van der Waals surface area contributed by atoms with Crippen molar-refractivity contribution in [3.63, 3.8) is 0 Å². The first kappa shape index (κ1) is 14.2. The molecule has 0 radical (unpaired) electrons. The molecule has 1 aliphatic heterocycles. The van der Waals surface area contributed by atoms with Gasteiger partial charge in [-0.05, 0) is 30.9 Å². The van der Waals surface area contributed by atoms with Crippen LogP contribution in [0.3, 0.4) is 0 Å². The number of amides is 2. The molecule has 0 spiro atoms. The van der Waals surface area contributed by atoms with Gasteiger partial charge in [0, 0.05) is 12.2 Å². The van der Waals surface area contributed by atoms with Gasteiger partial charge in [0.2, 0.25) is 0 Å². The lowest BCUT2D eigenvalue weighted by Crippen LogP contribution is -2.31. The highest BCUT2D eigenvalue weighted by Crippen LogP contribution is 2.26. The molecule has 0 fully saturated rings. The van der Waals surface area contributed by atoms with Crippen LogP contribution in [-0.2, 0) is 9.59 Å². The molecule has 18 heavy (non-hydrogen) atoms. The third kappa shape index (κ3) is 2.67. The van der Waals surface area contributed by atoms with Crippen LogP contribution in [0.1, 0.15) is 33.6 Å². The Hall–Kier alpha value is -1.90.